The SMILES string of the molecule is CCn1cc(NC(=O)C(F)(F)C(F)F)ccc1=O. The molecule has 18 heavy (non-hydrogen) atoms. The Labute approximate surface area is 99.2 Å². The Kier molecular flexibility index (Phi) is 4.10. The first-order chi connectivity index (χ1) is 8.28. The number of rotatable bonds is 4. The van der Waals surface area contributed by atoms with E-state index in [9.17, 15) is 27.2 Å². The lowest BCUT2D eigenvalue weighted by Gasteiger charge is -2.15. The van der Waals surface area contributed by atoms with Crippen LogP contribution in [0, 0.1) is 0 Å². The molecule has 1 aromatic rings. The standard InChI is InChI=1S/C10H10F4N2O2/c1-2-16-5-6(3-4-7(16)17)15-9(18)10(13,14)8(11)12/h3-5,8H,2H2,1H3,(H,15,18). The second kappa shape index (κ2) is 5.19. The van der Waals surface area contributed by atoms with Crippen molar-refractivity contribution in [3.8, 4) is 0 Å². The van der Waals surface area contributed by atoms with Crippen molar-refractivity contribution in [2.24, 2.45) is 0 Å². The minimum atomic E-state index is -4.77. The first-order valence-corrected chi connectivity index (χ1v) is 4.97. The molecule has 0 spiro atoms. The maximum atomic E-state index is 12.7. The van der Waals surface area contributed by atoms with Crippen molar-refractivity contribution >= 4 is 11.6 Å². The summed E-state index contributed by atoms with van der Waals surface area (Å²) in [5, 5.41) is 1.64. The summed E-state index contributed by atoms with van der Waals surface area (Å²) in [7, 11) is 0. The molecule has 100 valence electrons. The zero-order chi connectivity index (χ0) is 13.9. The number of nitrogens with zero attached hydrogens (tertiary/aromatic N) is 1. The van der Waals surface area contributed by atoms with Gasteiger partial charge < -0.3 is 9.88 Å². The van der Waals surface area contributed by atoms with E-state index >= 15 is 0 Å². The lowest BCUT2D eigenvalue weighted by atomic mass is 10.3. The lowest BCUT2D eigenvalue weighted by molar-refractivity contribution is -0.163. The first kappa shape index (κ1) is 14.2. The molecule has 0 aromatic carbocycles. The normalized spacial score (nSPS) is 11.7. The molecule has 0 aliphatic carbocycles. The van der Waals surface area contributed by atoms with E-state index in [1.54, 1.807) is 12.2 Å². The molecule has 0 aliphatic rings. The van der Waals surface area contributed by atoms with Gasteiger partial charge in [-0.05, 0) is 13.0 Å². The van der Waals surface area contributed by atoms with Crippen LogP contribution in [-0.4, -0.2) is 22.8 Å². The minimum absolute atomic E-state index is 0.151. The van der Waals surface area contributed by atoms with Crippen molar-refractivity contribution < 1.29 is 22.4 Å². The number of carbonyl (C=O) groups excluding carboxylic acids is 1. The number of aromatic nitrogens is 1. The van der Waals surface area contributed by atoms with Gasteiger partial charge in [-0.1, -0.05) is 0 Å². The van der Waals surface area contributed by atoms with Crippen molar-refractivity contribution in [3.05, 3.63) is 28.7 Å². The van der Waals surface area contributed by atoms with Crippen molar-refractivity contribution in [1.82, 2.24) is 4.57 Å². The third kappa shape index (κ3) is 2.88. The second-order valence-corrected chi connectivity index (χ2v) is 3.42. The number of carbonyl (C=O) groups is 1. The number of hydrogen-bond acceptors (Lipinski definition) is 2. The summed E-state index contributed by atoms with van der Waals surface area (Å²) in [5.74, 6) is -6.88. The molecular formula is C10H10F4N2O2. The molecule has 4 nitrogen and oxygen atoms in total. The minimum Gasteiger partial charge on any atom is -0.319 e. The topological polar surface area (TPSA) is 51.1 Å². The summed E-state index contributed by atoms with van der Waals surface area (Å²) < 4.78 is 50.3. The third-order valence-electron chi connectivity index (χ3n) is 2.16. The molecule has 0 unspecified atom stereocenters. The number of anilines is 1. The molecule has 0 aliphatic heterocycles. The van der Waals surface area contributed by atoms with Crippen LogP contribution in [0.25, 0.3) is 0 Å². The number of nitrogens with one attached hydrogen (secondary N) is 1. The lowest BCUT2D eigenvalue weighted by Crippen LogP contribution is -2.41. The maximum Gasteiger partial charge on any atom is 0.383 e. The third-order valence-corrected chi connectivity index (χ3v) is 2.16. The van der Waals surface area contributed by atoms with E-state index < -0.39 is 23.8 Å². The van der Waals surface area contributed by atoms with Gasteiger partial charge in [-0.3, -0.25) is 9.59 Å². The predicted molar refractivity (Wildman–Crippen MR) is 56.0 cm³/mol. The fourth-order valence-corrected chi connectivity index (χ4v) is 1.17. The van der Waals surface area contributed by atoms with Crippen molar-refractivity contribution in [2.75, 3.05) is 5.32 Å². The highest BCUT2D eigenvalue weighted by Gasteiger charge is 2.48. The highest BCUT2D eigenvalue weighted by molar-refractivity contribution is 5.96. The maximum absolute atomic E-state index is 12.7. The molecule has 1 N–H and O–H groups in total. The highest BCUT2D eigenvalue weighted by atomic mass is 19.3. The van der Waals surface area contributed by atoms with Crippen LogP contribution >= 0.6 is 0 Å². The summed E-state index contributed by atoms with van der Waals surface area (Å²) in [4.78, 5) is 22.1. The molecule has 0 saturated carbocycles. The average molecular weight is 266 g/mol. The number of aryl methyl sites for hydroxylation is 1. The van der Waals surface area contributed by atoms with Crippen LogP contribution in [0.3, 0.4) is 0 Å². The largest absolute Gasteiger partial charge is 0.383 e. The van der Waals surface area contributed by atoms with Gasteiger partial charge in [0, 0.05) is 18.8 Å². The molecule has 1 amide bonds. The van der Waals surface area contributed by atoms with E-state index in [0.717, 1.165) is 22.9 Å². The fourth-order valence-electron chi connectivity index (χ4n) is 1.17. The van der Waals surface area contributed by atoms with Crippen molar-refractivity contribution in [2.45, 2.75) is 25.8 Å². The van der Waals surface area contributed by atoms with E-state index in [2.05, 4.69) is 0 Å². The molecule has 1 aromatic heterocycles. The Hall–Kier alpha value is -1.86. The van der Waals surface area contributed by atoms with E-state index in [0.29, 0.717) is 0 Å². The molecule has 8 heteroatoms. The Bertz CT molecular complexity index is 499. The van der Waals surface area contributed by atoms with Crippen molar-refractivity contribution in [3.63, 3.8) is 0 Å². The Balaban J connectivity index is 2.92. The summed E-state index contributed by atoms with van der Waals surface area (Å²) in [6, 6.07) is 2.10. The highest BCUT2D eigenvalue weighted by Crippen LogP contribution is 2.24. The van der Waals surface area contributed by atoms with Gasteiger partial charge in [0.2, 0.25) is 0 Å². The molecule has 0 bridgehead atoms. The first-order valence-electron chi connectivity index (χ1n) is 4.97. The number of alkyl halides is 4. The molecule has 0 fully saturated rings. The summed E-state index contributed by atoms with van der Waals surface area (Å²) in [6.07, 6.45) is -2.99. The zero-order valence-corrected chi connectivity index (χ0v) is 9.29. The van der Waals surface area contributed by atoms with Crippen LogP contribution in [-0.2, 0) is 11.3 Å². The van der Waals surface area contributed by atoms with E-state index in [1.165, 1.54) is 0 Å². The van der Waals surface area contributed by atoms with Crippen LogP contribution in [0.4, 0.5) is 23.2 Å². The number of hydrogen-bond donors (Lipinski definition) is 1. The van der Waals surface area contributed by atoms with E-state index in [4.69, 9.17) is 0 Å². The van der Waals surface area contributed by atoms with Crippen LogP contribution in [0.5, 0.6) is 0 Å². The van der Waals surface area contributed by atoms with Gasteiger partial charge >= 0.3 is 18.3 Å². The van der Waals surface area contributed by atoms with Crippen LogP contribution in [0.1, 0.15) is 6.92 Å². The van der Waals surface area contributed by atoms with Gasteiger partial charge in [0.1, 0.15) is 0 Å². The monoisotopic (exact) mass is 266 g/mol. The number of halogens is 4. The smallest absolute Gasteiger partial charge is 0.319 e. The quantitative estimate of drug-likeness (QED) is 0.843. The van der Waals surface area contributed by atoms with Gasteiger partial charge in [-0.25, -0.2) is 8.78 Å². The molecule has 0 atom stereocenters. The van der Waals surface area contributed by atoms with Gasteiger partial charge in [-0.2, -0.15) is 8.78 Å². The van der Waals surface area contributed by atoms with E-state index in [-0.39, 0.29) is 12.2 Å². The van der Waals surface area contributed by atoms with Gasteiger partial charge in [0.05, 0.1) is 5.69 Å². The molecule has 1 heterocycles. The number of amides is 1. The Morgan fingerprint density at radius 2 is 2.06 bits per heavy atom. The number of pyridine rings is 1. The van der Waals surface area contributed by atoms with Gasteiger partial charge in [0.15, 0.2) is 0 Å². The fraction of sp³-hybridized carbons (Fsp3) is 0.400. The summed E-state index contributed by atoms with van der Waals surface area (Å²) >= 11 is 0. The second-order valence-electron chi connectivity index (χ2n) is 3.42. The molecule has 1 rings (SSSR count). The average Bonchev–Trinajstić information content (AvgIpc) is 2.31. The zero-order valence-electron chi connectivity index (χ0n) is 9.29. The van der Waals surface area contributed by atoms with Gasteiger partial charge in [0.25, 0.3) is 5.56 Å². The Morgan fingerprint density at radius 3 is 2.56 bits per heavy atom. The van der Waals surface area contributed by atoms with Crippen LogP contribution in [0.15, 0.2) is 23.1 Å². The summed E-state index contributed by atoms with van der Waals surface area (Å²) in [5.41, 5.74) is -0.544. The molecule has 0 saturated heterocycles. The van der Waals surface area contributed by atoms with E-state index in [1.807, 2.05) is 0 Å². The molecule has 0 radical (unpaired) electrons. The molecular weight excluding hydrogens is 256 g/mol. The predicted octanol–water partition coefficient (Wildman–Crippen LogP) is 1.71. The Morgan fingerprint density at radius 1 is 1.44 bits per heavy atom. The summed E-state index contributed by atoms with van der Waals surface area (Å²) in [6.45, 7) is 1.88. The van der Waals surface area contributed by atoms with Gasteiger partial charge in [-0.15, -0.1) is 0 Å². The van der Waals surface area contributed by atoms with Crippen molar-refractivity contribution in [1.29, 1.82) is 0 Å². The van der Waals surface area contributed by atoms with Crippen LogP contribution in [0.2, 0.25) is 0 Å². The van der Waals surface area contributed by atoms with Crippen LogP contribution < -0.4 is 10.9 Å².